The number of halogens is 2. The zero-order chi connectivity index (χ0) is 33.6. The first kappa shape index (κ1) is 30.5. The molecule has 0 saturated heterocycles. The molecular formula is C44H28Br2N4. The van der Waals surface area contributed by atoms with E-state index in [1.165, 1.54) is 0 Å². The summed E-state index contributed by atoms with van der Waals surface area (Å²) in [5.41, 5.74) is 15.6. The summed E-state index contributed by atoms with van der Waals surface area (Å²) in [5.74, 6) is 0. The Bertz CT molecular complexity index is 2460. The highest BCUT2D eigenvalue weighted by Gasteiger charge is 2.20. The zero-order valence-electron chi connectivity index (χ0n) is 26.7. The summed E-state index contributed by atoms with van der Waals surface area (Å²) in [7, 11) is 0. The second kappa shape index (κ2) is 12.7. The smallest absolute Gasteiger partial charge is 0.0737 e. The number of aromatic amines is 2. The van der Waals surface area contributed by atoms with Gasteiger partial charge >= 0.3 is 0 Å². The molecule has 0 radical (unpaired) electrons. The van der Waals surface area contributed by atoms with Crippen molar-refractivity contribution >= 4 is 78.2 Å². The van der Waals surface area contributed by atoms with Gasteiger partial charge in [-0.1, -0.05) is 121 Å². The van der Waals surface area contributed by atoms with Crippen LogP contribution in [0.1, 0.15) is 22.8 Å². The van der Waals surface area contributed by atoms with E-state index < -0.39 is 0 Å². The third-order valence-electron chi connectivity index (χ3n) is 9.13. The zero-order valence-corrected chi connectivity index (χ0v) is 29.8. The molecule has 0 atom stereocenters. The molecule has 0 spiro atoms. The highest BCUT2D eigenvalue weighted by atomic mass is 79.9. The van der Waals surface area contributed by atoms with Crippen molar-refractivity contribution in [2.24, 2.45) is 0 Å². The lowest BCUT2D eigenvalue weighted by molar-refractivity contribution is 1.31. The summed E-state index contributed by atoms with van der Waals surface area (Å²) >= 11 is 7.92. The summed E-state index contributed by atoms with van der Waals surface area (Å²) in [5, 5.41) is 0. The fourth-order valence-corrected chi connectivity index (χ4v) is 7.97. The molecule has 2 N–H and O–H groups in total. The Hall–Kier alpha value is -5.56. The molecule has 238 valence electrons. The largest absolute Gasteiger partial charge is 0.353 e. The minimum atomic E-state index is 0.871. The van der Waals surface area contributed by atoms with Gasteiger partial charge in [-0.05, 0) is 90.6 Å². The molecule has 7 aromatic rings. The second-order valence-corrected chi connectivity index (χ2v) is 13.9. The van der Waals surface area contributed by atoms with Crippen LogP contribution in [0.15, 0.2) is 142 Å². The first-order valence-electron chi connectivity index (χ1n) is 16.4. The van der Waals surface area contributed by atoms with Crippen LogP contribution in [0.25, 0.3) is 90.9 Å². The molecule has 2 aliphatic rings. The first-order chi connectivity index (χ1) is 24.6. The van der Waals surface area contributed by atoms with Crippen LogP contribution in [0.5, 0.6) is 0 Å². The number of fused-ring (bicyclic) bond motifs is 8. The lowest BCUT2D eigenvalue weighted by Crippen LogP contribution is -1.89. The second-order valence-electron chi connectivity index (χ2n) is 12.2. The minimum Gasteiger partial charge on any atom is -0.353 e. The number of benzene rings is 4. The SMILES string of the molecule is Brc1cc2[nH]c1c(-c1ccccc1)c1nc(c(-c3ccccc3)c3[nH]c(cc3Br)c(-c3ccccc3)c3nc(c2-c2ccccc2)C=C3)C=C1. The summed E-state index contributed by atoms with van der Waals surface area (Å²) in [6.45, 7) is 0. The van der Waals surface area contributed by atoms with Crippen molar-refractivity contribution in [3.63, 3.8) is 0 Å². The van der Waals surface area contributed by atoms with Crippen molar-refractivity contribution < 1.29 is 0 Å². The molecule has 6 heteroatoms. The molecule has 0 aliphatic carbocycles. The number of H-pyrrole nitrogens is 2. The average Bonchev–Trinajstić information content (AvgIpc) is 3.97. The van der Waals surface area contributed by atoms with Gasteiger partial charge in [0.05, 0.1) is 33.8 Å². The summed E-state index contributed by atoms with van der Waals surface area (Å²) in [4.78, 5) is 18.4. The van der Waals surface area contributed by atoms with Crippen LogP contribution in [0, 0.1) is 0 Å². The van der Waals surface area contributed by atoms with E-state index >= 15 is 0 Å². The van der Waals surface area contributed by atoms with Gasteiger partial charge in [0, 0.05) is 42.2 Å². The lowest BCUT2D eigenvalue weighted by Gasteiger charge is -2.07. The Morgan fingerprint density at radius 1 is 0.360 bits per heavy atom. The number of nitrogens with one attached hydrogen (secondary N) is 2. The van der Waals surface area contributed by atoms with E-state index in [4.69, 9.17) is 9.97 Å². The maximum absolute atomic E-state index is 5.39. The average molecular weight is 773 g/mol. The minimum absolute atomic E-state index is 0.871. The monoisotopic (exact) mass is 770 g/mol. The molecule has 0 fully saturated rings. The predicted molar refractivity (Wildman–Crippen MR) is 216 cm³/mol. The molecule has 2 aliphatic heterocycles. The molecule has 0 saturated carbocycles. The van der Waals surface area contributed by atoms with Gasteiger partial charge in [-0.3, -0.25) is 0 Å². The van der Waals surface area contributed by atoms with Crippen molar-refractivity contribution in [1.29, 1.82) is 0 Å². The maximum Gasteiger partial charge on any atom is 0.0737 e. The quantitative estimate of drug-likeness (QED) is 0.187. The topological polar surface area (TPSA) is 57.4 Å². The Balaban J connectivity index is 1.52. The fourth-order valence-electron chi connectivity index (χ4n) is 6.92. The van der Waals surface area contributed by atoms with Crippen molar-refractivity contribution in [2.75, 3.05) is 0 Å². The molecule has 5 heterocycles. The molecule has 4 aromatic carbocycles. The number of nitrogens with zero attached hydrogens (tertiary/aromatic N) is 2. The van der Waals surface area contributed by atoms with Gasteiger partial charge in [-0.2, -0.15) is 0 Å². The van der Waals surface area contributed by atoms with E-state index in [0.29, 0.717) is 0 Å². The van der Waals surface area contributed by atoms with E-state index in [1.807, 2.05) is 24.3 Å². The number of rotatable bonds is 4. The van der Waals surface area contributed by atoms with Gasteiger partial charge in [-0.15, -0.1) is 0 Å². The number of aromatic nitrogens is 4. The van der Waals surface area contributed by atoms with E-state index in [9.17, 15) is 0 Å². The number of hydrogen-bond donors (Lipinski definition) is 2. The van der Waals surface area contributed by atoms with Crippen LogP contribution >= 0.6 is 31.9 Å². The third-order valence-corrected chi connectivity index (χ3v) is 10.4. The Labute approximate surface area is 306 Å². The highest BCUT2D eigenvalue weighted by molar-refractivity contribution is 9.11. The Morgan fingerprint density at radius 3 is 0.960 bits per heavy atom. The van der Waals surface area contributed by atoms with Crippen molar-refractivity contribution in [3.05, 3.63) is 165 Å². The summed E-state index contributed by atoms with van der Waals surface area (Å²) in [6.07, 6.45) is 8.49. The van der Waals surface area contributed by atoms with Crippen LogP contribution in [0.2, 0.25) is 0 Å². The molecule has 9 rings (SSSR count). The fraction of sp³-hybridized carbons (Fsp3) is 0. The van der Waals surface area contributed by atoms with Crippen LogP contribution in [-0.4, -0.2) is 19.9 Å². The van der Waals surface area contributed by atoms with Crippen LogP contribution in [0.3, 0.4) is 0 Å². The molecule has 0 unspecified atom stereocenters. The Kier molecular flexibility index (Phi) is 7.76. The number of hydrogen-bond acceptors (Lipinski definition) is 2. The molecule has 4 nitrogen and oxygen atoms in total. The molecular weight excluding hydrogens is 744 g/mol. The van der Waals surface area contributed by atoms with Gasteiger partial charge in [0.25, 0.3) is 0 Å². The molecule has 3 aromatic heterocycles. The summed E-state index contributed by atoms with van der Waals surface area (Å²) < 4.78 is 1.89. The predicted octanol–water partition coefficient (Wildman–Crippen LogP) is 12.8. The summed E-state index contributed by atoms with van der Waals surface area (Å²) in [6, 6.07) is 46.2. The van der Waals surface area contributed by atoms with Gasteiger partial charge in [-0.25, -0.2) is 9.97 Å². The van der Waals surface area contributed by atoms with E-state index in [1.54, 1.807) is 0 Å². The van der Waals surface area contributed by atoms with E-state index in [-0.39, 0.29) is 0 Å². The standard InChI is InChI=1S/C44H28Br2N4/c45-31-25-37-39(27-13-5-1-6-14-27)33-21-22-34(47-33)40(28-15-7-2-8-16-28)38-26-32(46)44(50-38)42(30-19-11-4-12-20-30)36-24-23-35(48-36)41(43(31)49-37)29-17-9-3-10-18-29/h1-26,49-50H. The third kappa shape index (κ3) is 5.38. The van der Waals surface area contributed by atoms with Crippen molar-refractivity contribution in [2.45, 2.75) is 0 Å². The van der Waals surface area contributed by atoms with Crippen LogP contribution in [0.4, 0.5) is 0 Å². The molecule has 0 amide bonds. The van der Waals surface area contributed by atoms with Gasteiger partial charge in [0.2, 0.25) is 0 Å². The Morgan fingerprint density at radius 2 is 0.640 bits per heavy atom. The van der Waals surface area contributed by atoms with E-state index in [2.05, 4.69) is 175 Å². The maximum atomic E-state index is 5.39. The van der Waals surface area contributed by atoms with Crippen LogP contribution in [-0.2, 0) is 0 Å². The first-order valence-corrected chi connectivity index (χ1v) is 18.0. The van der Waals surface area contributed by atoms with Crippen molar-refractivity contribution in [3.8, 4) is 44.5 Å². The van der Waals surface area contributed by atoms with Gasteiger partial charge < -0.3 is 9.97 Å². The highest BCUT2D eigenvalue weighted by Crippen LogP contribution is 2.41. The lowest BCUT2D eigenvalue weighted by atomic mass is 10.0. The van der Waals surface area contributed by atoms with Gasteiger partial charge in [0.15, 0.2) is 0 Å². The normalized spacial score (nSPS) is 12.0. The van der Waals surface area contributed by atoms with Crippen molar-refractivity contribution in [1.82, 2.24) is 19.9 Å². The molecule has 8 bridgehead atoms. The van der Waals surface area contributed by atoms with Crippen LogP contribution < -0.4 is 0 Å². The van der Waals surface area contributed by atoms with E-state index in [0.717, 1.165) is 98.3 Å². The molecule has 50 heavy (non-hydrogen) atoms. The van der Waals surface area contributed by atoms with Gasteiger partial charge in [0.1, 0.15) is 0 Å².